The molecular weight excluding hydrogens is 414 g/mol. The Morgan fingerprint density at radius 1 is 1.18 bits per heavy atom. The standard InChI is InChI=1S/C26H33N5O2/c1-16(32)31-11-8-17(9-12-31)25(33)30(4)19-6-5-18-13-22(27-21(18)14-19)24-20-7-10-26(2,3)15-23(20)28-29-24/h5-6,13-14,17,27H,7-12,15H2,1-4H3,(H,28,29). The minimum atomic E-state index is -0.0414. The second kappa shape index (κ2) is 8.04. The highest BCUT2D eigenvalue weighted by atomic mass is 16.2. The molecule has 0 radical (unpaired) electrons. The van der Waals surface area contributed by atoms with Crippen LogP contribution in [0.5, 0.6) is 0 Å². The number of carbonyl (C=O) groups excluding carboxylic acids is 2. The van der Waals surface area contributed by atoms with Crippen LogP contribution in [0.2, 0.25) is 0 Å². The van der Waals surface area contributed by atoms with E-state index in [9.17, 15) is 9.59 Å². The molecule has 1 aromatic carbocycles. The number of likely N-dealkylation sites (tertiary alicyclic amines) is 1. The van der Waals surface area contributed by atoms with Gasteiger partial charge in [0.2, 0.25) is 11.8 Å². The Balaban J connectivity index is 1.35. The highest BCUT2D eigenvalue weighted by molar-refractivity contribution is 5.97. The van der Waals surface area contributed by atoms with Crippen molar-refractivity contribution in [3.8, 4) is 11.4 Å². The molecular formula is C26H33N5O2. The fourth-order valence-electron chi connectivity index (χ4n) is 5.36. The van der Waals surface area contributed by atoms with Gasteiger partial charge < -0.3 is 14.8 Å². The highest BCUT2D eigenvalue weighted by Crippen LogP contribution is 2.38. The third-order valence-electron chi connectivity index (χ3n) is 7.53. The molecule has 2 aliphatic rings. The minimum absolute atomic E-state index is 0.0414. The van der Waals surface area contributed by atoms with Crippen molar-refractivity contribution in [2.24, 2.45) is 11.3 Å². The van der Waals surface area contributed by atoms with Gasteiger partial charge in [0.05, 0.1) is 5.69 Å². The fraction of sp³-hybridized carbons (Fsp3) is 0.500. The molecule has 174 valence electrons. The van der Waals surface area contributed by atoms with Gasteiger partial charge in [0.25, 0.3) is 0 Å². The van der Waals surface area contributed by atoms with E-state index >= 15 is 0 Å². The van der Waals surface area contributed by atoms with Crippen LogP contribution >= 0.6 is 0 Å². The van der Waals surface area contributed by atoms with Crippen molar-refractivity contribution in [3.05, 3.63) is 35.5 Å². The van der Waals surface area contributed by atoms with E-state index in [4.69, 9.17) is 0 Å². The van der Waals surface area contributed by atoms with E-state index in [0.717, 1.165) is 60.1 Å². The molecule has 1 aliphatic heterocycles. The summed E-state index contributed by atoms with van der Waals surface area (Å²) in [7, 11) is 1.84. The summed E-state index contributed by atoms with van der Waals surface area (Å²) in [4.78, 5) is 31.8. The first-order valence-electron chi connectivity index (χ1n) is 11.9. The van der Waals surface area contributed by atoms with Crippen LogP contribution in [0.3, 0.4) is 0 Å². The summed E-state index contributed by atoms with van der Waals surface area (Å²) in [6.45, 7) is 7.53. The van der Waals surface area contributed by atoms with E-state index in [1.807, 2.05) is 24.1 Å². The molecule has 0 spiro atoms. The number of carbonyl (C=O) groups is 2. The molecule has 1 fully saturated rings. The van der Waals surface area contributed by atoms with Crippen molar-refractivity contribution in [2.45, 2.75) is 52.9 Å². The molecule has 5 rings (SSSR count). The Kier molecular flexibility index (Phi) is 5.30. The number of fused-ring (bicyclic) bond motifs is 2. The zero-order chi connectivity index (χ0) is 23.3. The Morgan fingerprint density at radius 2 is 1.94 bits per heavy atom. The molecule has 7 nitrogen and oxygen atoms in total. The number of piperidine rings is 1. The lowest BCUT2D eigenvalue weighted by atomic mass is 9.76. The maximum Gasteiger partial charge on any atom is 0.229 e. The quantitative estimate of drug-likeness (QED) is 0.628. The number of amides is 2. The Bertz CT molecular complexity index is 1210. The number of aromatic amines is 2. The number of hydrogen-bond acceptors (Lipinski definition) is 3. The van der Waals surface area contributed by atoms with Gasteiger partial charge in [-0.1, -0.05) is 19.9 Å². The molecule has 33 heavy (non-hydrogen) atoms. The smallest absolute Gasteiger partial charge is 0.229 e. The van der Waals surface area contributed by atoms with Crippen LogP contribution in [0.25, 0.3) is 22.3 Å². The van der Waals surface area contributed by atoms with Crippen molar-refractivity contribution in [1.82, 2.24) is 20.1 Å². The lowest BCUT2D eigenvalue weighted by Gasteiger charge is -2.32. The molecule has 2 aromatic heterocycles. The molecule has 0 saturated carbocycles. The van der Waals surface area contributed by atoms with E-state index in [1.165, 1.54) is 11.3 Å². The molecule has 2 amide bonds. The van der Waals surface area contributed by atoms with Crippen LogP contribution in [0.1, 0.15) is 51.3 Å². The number of rotatable bonds is 3. The van der Waals surface area contributed by atoms with E-state index in [2.05, 4.69) is 41.2 Å². The van der Waals surface area contributed by atoms with Crippen LogP contribution in [-0.2, 0) is 22.4 Å². The first kappa shape index (κ1) is 21.7. The monoisotopic (exact) mass is 447 g/mol. The van der Waals surface area contributed by atoms with Crippen LogP contribution in [0.15, 0.2) is 24.3 Å². The van der Waals surface area contributed by atoms with Crippen LogP contribution in [0.4, 0.5) is 5.69 Å². The van der Waals surface area contributed by atoms with E-state index in [0.29, 0.717) is 18.5 Å². The number of nitrogens with zero attached hydrogens (tertiary/aromatic N) is 3. The summed E-state index contributed by atoms with van der Waals surface area (Å²) in [5, 5.41) is 9.02. The lowest BCUT2D eigenvalue weighted by molar-refractivity contribution is -0.133. The van der Waals surface area contributed by atoms with Gasteiger partial charge in [-0.25, -0.2) is 0 Å². The molecule has 3 aromatic rings. The average Bonchev–Trinajstić information content (AvgIpc) is 3.40. The van der Waals surface area contributed by atoms with Gasteiger partial charge in [-0.15, -0.1) is 0 Å². The van der Waals surface area contributed by atoms with Crippen LogP contribution < -0.4 is 4.90 Å². The maximum absolute atomic E-state index is 13.1. The molecule has 0 atom stereocenters. The lowest BCUT2D eigenvalue weighted by Crippen LogP contribution is -2.42. The molecule has 0 unspecified atom stereocenters. The van der Waals surface area contributed by atoms with Gasteiger partial charge in [0.1, 0.15) is 5.69 Å². The fourth-order valence-corrected chi connectivity index (χ4v) is 5.36. The SMILES string of the molecule is CC(=O)N1CCC(C(=O)N(C)c2ccc3cc(-c4n[nH]c5c4CCC(C)(C)C5)[nH]c3c2)CC1. The van der Waals surface area contributed by atoms with Crippen molar-refractivity contribution in [3.63, 3.8) is 0 Å². The summed E-state index contributed by atoms with van der Waals surface area (Å²) in [5.41, 5.74) is 6.80. The van der Waals surface area contributed by atoms with Crippen molar-refractivity contribution in [2.75, 3.05) is 25.0 Å². The molecule has 2 N–H and O–H groups in total. The zero-order valence-corrected chi connectivity index (χ0v) is 20.0. The van der Waals surface area contributed by atoms with Crippen molar-refractivity contribution < 1.29 is 9.59 Å². The Hall–Kier alpha value is -3.09. The third kappa shape index (κ3) is 4.05. The van der Waals surface area contributed by atoms with Crippen LogP contribution in [-0.4, -0.2) is 52.0 Å². The number of aromatic nitrogens is 3. The second-order valence-electron chi connectivity index (χ2n) is 10.5. The first-order valence-corrected chi connectivity index (χ1v) is 11.9. The maximum atomic E-state index is 13.1. The normalized spacial score (nSPS) is 18.4. The predicted octanol–water partition coefficient (Wildman–Crippen LogP) is 4.29. The van der Waals surface area contributed by atoms with Gasteiger partial charge in [-0.3, -0.25) is 14.7 Å². The Morgan fingerprint density at radius 3 is 2.67 bits per heavy atom. The number of nitrogens with one attached hydrogen (secondary N) is 2. The van der Waals surface area contributed by atoms with Gasteiger partial charge >= 0.3 is 0 Å². The van der Waals surface area contributed by atoms with Gasteiger partial charge in [-0.05, 0) is 55.7 Å². The van der Waals surface area contributed by atoms with Crippen LogP contribution in [0, 0.1) is 11.3 Å². The third-order valence-corrected chi connectivity index (χ3v) is 7.53. The first-order chi connectivity index (χ1) is 15.7. The summed E-state index contributed by atoms with van der Waals surface area (Å²) in [6.07, 6.45) is 4.67. The summed E-state index contributed by atoms with van der Waals surface area (Å²) >= 11 is 0. The number of H-pyrrole nitrogens is 2. The summed E-state index contributed by atoms with van der Waals surface area (Å²) < 4.78 is 0. The zero-order valence-electron chi connectivity index (χ0n) is 20.0. The Labute approximate surface area is 194 Å². The molecule has 0 bridgehead atoms. The topological polar surface area (TPSA) is 85.1 Å². The summed E-state index contributed by atoms with van der Waals surface area (Å²) in [6, 6.07) is 8.26. The molecule has 1 aliphatic carbocycles. The second-order valence-corrected chi connectivity index (χ2v) is 10.5. The van der Waals surface area contributed by atoms with Gasteiger partial charge in [0.15, 0.2) is 0 Å². The van der Waals surface area contributed by atoms with E-state index in [-0.39, 0.29) is 17.7 Å². The van der Waals surface area contributed by atoms with Gasteiger partial charge in [0, 0.05) is 60.8 Å². The predicted molar refractivity (Wildman–Crippen MR) is 130 cm³/mol. The molecule has 7 heteroatoms. The van der Waals surface area contributed by atoms with Crippen molar-refractivity contribution in [1.29, 1.82) is 0 Å². The number of benzene rings is 1. The van der Waals surface area contributed by atoms with Gasteiger partial charge in [-0.2, -0.15) is 5.10 Å². The minimum Gasteiger partial charge on any atom is -0.353 e. The number of hydrogen-bond donors (Lipinski definition) is 2. The number of anilines is 1. The summed E-state index contributed by atoms with van der Waals surface area (Å²) in [5.74, 6) is 0.165. The van der Waals surface area contributed by atoms with E-state index in [1.54, 1.807) is 11.8 Å². The molecule has 3 heterocycles. The van der Waals surface area contributed by atoms with E-state index < -0.39 is 0 Å². The largest absolute Gasteiger partial charge is 0.353 e. The highest BCUT2D eigenvalue weighted by Gasteiger charge is 2.30. The molecule has 1 saturated heterocycles. The van der Waals surface area contributed by atoms with Crippen molar-refractivity contribution >= 4 is 28.4 Å². The average molecular weight is 448 g/mol.